The quantitative estimate of drug-likeness (QED) is 0.581. The van der Waals surface area contributed by atoms with E-state index in [2.05, 4.69) is 5.32 Å². The molecule has 2 rings (SSSR count). The van der Waals surface area contributed by atoms with Crippen LogP contribution in [-0.2, 0) is 16.0 Å². The highest BCUT2D eigenvalue weighted by atomic mass is 35.5. The fraction of sp³-hybridized carbons (Fsp3) is 0.364. The predicted octanol–water partition coefficient (Wildman–Crippen LogP) is 4.42. The molecule has 0 saturated heterocycles. The van der Waals surface area contributed by atoms with Crippen LogP contribution < -0.4 is 5.32 Å². The molecule has 0 spiro atoms. The Morgan fingerprint density at radius 3 is 2.39 bits per heavy atom. The summed E-state index contributed by atoms with van der Waals surface area (Å²) in [6.45, 7) is 2.46. The number of hydrogen-bond acceptors (Lipinski definition) is 3. The minimum absolute atomic E-state index is 0.00726. The lowest BCUT2D eigenvalue weighted by molar-refractivity contribution is -0.140. The monoisotopic (exact) mass is 418 g/mol. The van der Waals surface area contributed by atoms with Crippen LogP contribution in [0.4, 0.5) is 0 Å². The molecule has 0 radical (unpaired) electrons. The third kappa shape index (κ3) is 6.88. The molecule has 4 nitrogen and oxygen atoms in total. The topological polar surface area (TPSA) is 49.4 Å². The Bertz CT molecular complexity index is 753. The van der Waals surface area contributed by atoms with E-state index in [1.54, 1.807) is 23.7 Å². The first-order valence-electron chi connectivity index (χ1n) is 9.48. The van der Waals surface area contributed by atoms with Crippen molar-refractivity contribution in [3.05, 3.63) is 65.2 Å². The lowest BCUT2D eigenvalue weighted by atomic mass is 10.1. The highest BCUT2D eigenvalue weighted by Crippen LogP contribution is 2.21. The van der Waals surface area contributed by atoms with Gasteiger partial charge >= 0.3 is 0 Å². The number of halogens is 1. The molecule has 0 heterocycles. The maximum absolute atomic E-state index is 12.9. The van der Waals surface area contributed by atoms with Gasteiger partial charge in [0.25, 0.3) is 0 Å². The van der Waals surface area contributed by atoms with Gasteiger partial charge in [-0.1, -0.05) is 48.9 Å². The molecule has 2 amide bonds. The van der Waals surface area contributed by atoms with E-state index in [1.807, 2.05) is 61.5 Å². The lowest BCUT2D eigenvalue weighted by Gasteiger charge is -2.30. The molecule has 0 aliphatic carbocycles. The Morgan fingerprint density at radius 2 is 1.79 bits per heavy atom. The molecule has 1 N–H and O–H groups in total. The number of carbonyl (C=O) groups is 2. The highest BCUT2D eigenvalue weighted by molar-refractivity contribution is 7.99. The third-order valence-corrected chi connectivity index (χ3v) is 5.78. The second kappa shape index (κ2) is 11.8. The van der Waals surface area contributed by atoms with Gasteiger partial charge in [-0.25, -0.2) is 0 Å². The molecule has 0 aromatic heterocycles. The zero-order valence-corrected chi connectivity index (χ0v) is 17.9. The summed E-state index contributed by atoms with van der Waals surface area (Å²) < 4.78 is 0. The van der Waals surface area contributed by atoms with Crippen molar-refractivity contribution in [1.29, 1.82) is 0 Å². The van der Waals surface area contributed by atoms with E-state index in [-0.39, 0.29) is 11.8 Å². The molecule has 150 valence electrons. The van der Waals surface area contributed by atoms with Crippen molar-refractivity contribution >= 4 is 35.2 Å². The summed E-state index contributed by atoms with van der Waals surface area (Å²) in [5, 5.41) is 3.38. The Labute approximate surface area is 176 Å². The van der Waals surface area contributed by atoms with E-state index >= 15 is 0 Å². The minimum atomic E-state index is -0.443. The van der Waals surface area contributed by atoms with Crippen molar-refractivity contribution in [2.75, 3.05) is 19.3 Å². The Hall–Kier alpha value is -1.98. The van der Waals surface area contributed by atoms with Crippen LogP contribution >= 0.6 is 23.4 Å². The highest BCUT2D eigenvalue weighted by Gasteiger charge is 2.27. The van der Waals surface area contributed by atoms with E-state index in [4.69, 9.17) is 11.6 Å². The first-order chi connectivity index (χ1) is 13.5. The number of amides is 2. The van der Waals surface area contributed by atoms with Crippen molar-refractivity contribution < 1.29 is 9.59 Å². The van der Waals surface area contributed by atoms with Crippen molar-refractivity contribution in [2.24, 2.45) is 0 Å². The van der Waals surface area contributed by atoms with E-state index in [0.717, 1.165) is 16.9 Å². The first-order valence-corrected chi connectivity index (χ1v) is 10.8. The second-order valence-electron chi connectivity index (χ2n) is 6.41. The molecule has 0 aliphatic heterocycles. The van der Waals surface area contributed by atoms with Crippen LogP contribution in [-0.4, -0.2) is 42.1 Å². The van der Waals surface area contributed by atoms with Gasteiger partial charge in [0.2, 0.25) is 11.8 Å². The number of likely N-dealkylation sites (N-methyl/N-ethyl adjacent to an activating group) is 1. The van der Waals surface area contributed by atoms with Crippen LogP contribution in [0.1, 0.15) is 25.3 Å². The molecular formula is C22H27ClN2O2S. The molecule has 2 aromatic rings. The Balaban J connectivity index is 2.00. The number of thioether (sulfide) groups is 1. The molecule has 0 fully saturated rings. The van der Waals surface area contributed by atoms with Crippen molar-refractivity contribution in [3.63, 3.8) is 0 Å². The van der Waals surface area contributed by atoms with Crippen molar-refractivity contribution in [3.8, 4) is 0 Å². The number of benzene rings is 2. The molecular weight excluding hydrogens is 392 g/mol. The normalized spacial score (nSPS) is 11.7. The fourth-order valence-electron chi connectivity index (χ4n) is 2.99. The van der Waals surface area contributed by atoms with Crippen LogP contribution in [0.15, 0.2) is 59.5 Å². The van der Waals surface area contributed by atoms with Crippen molar-refractivity contribution in [2.45, 2.75) is 37.1 Å². The number of nitrogens with zero attached hydrogens (tertiary/aromatic N) is 1. The van der Waals surface area contributed by atoms with Crippen LogP contribution in [0.5, 0.6) is 0 Å². The SMILES string of the molecule is CCC(C(=O)NC)N(CCc1ccccc1)C(=O)CCSc1ccc(Cl)cc1. The van der Waals surface area contributed by atoms with Gasteiger partial charge < -0.3 is 10.2 Å². The Kier molecular flexibility index (Phi) is 9.38. The van der Waals surface area contributed by atoms with E-state index in [0.29, 0.717) is 30.2 Å². The predicted molar refractivity (Wildman–Crippen MR) is 117 cm³/mol. The number of rotatable bonds is 10. The number of nitrogens with one attached hydrogen (secondary N) is 1. The van der Waals surface area contributed by atoms with Crippen LogP contribution in [0.2, 0.25) is 5.02 Å². The molecule has 0 saturated carbocycles. The third-order valence-electron chi connectivity index (χ3n) is 4.51. The van der Waals surface area contributed by atoms with E-state index < -0.39 is 6.04 Å². The average Bonchev–Trinajstić information content (AvgIpc) is 2.72. The van der Waals surface area contributed by atoms with Gasteiger partial charge in [-0.05, 0) is 42.7 Å². The summed E-state index contributed by atoms with van der Waals surface area (Å²) >= 11 is 7.53. The molecule has 1 atom stereocenters. The zero-order chi connectivity index (χ0) is 20.4. The summed E-state index contributed by atoms with van der Waals surface area (Å²) in [7, 11) is 1.61. The molecule has 28 heavy (non-hydrogen) atoms. The summed E-state index contributed by atoms with van der Waals surface area (Å²) in [4.78, 5) is 28.1. The molecule has 2 aromatic carbocycles. The van der Waals surface area contributed by atoms with Crippen LogP contribution in [0.3, 0.4) is 0 Å². The summed E-state index contributed by atoms with van der Waals surface area (Å²) in [5.74, 6) is 0.550. The molecule has 1 unspecified atom stereocenters. The summed E-state index contributed by atoms with van der Waals surface area (Å²) in [6, 6.07) is 17.2. The van der Waals surface area contributed by atoms with Gasteiger partial charge in [0.05, 0.1) is 0 Å². The maximum atomic E-state index is 12.9. The standard InChI is InChI=1S/C22H27ClN2O2S/c1-3-20(22(27)24-2)25(15-13-17-7-5-4-6-8-17)21(26)14-16-28-19-11-9-18(23)10-12-19/h4-12,20H,3,13-16H2,1-2H3,(H,24,27). The fourth-order valence-corrected chi connectivity index (χ4v) is 3.96. The maximum Gasteiger partial charge on any atom is 0.242 e. The smallest absolute Gasteiger partial charge is 0.242 e. The first kappa shape index (κ1) is 22.3. The molecule has 0 bridgehead atoms. The lowest BCUT2D eigenvalue weighted by Crippen LogP contribution is -2.49. The van der Waals surface area contributed by atoms with Gasteiger partial charge in [0.15, 0.2) is 0 Å². The average molecular weight is 419 g/mol. The van der Waals surface area contributed by atoms with Crippen LogP contribution in [0, 0.1) is 0 Å². The zero-order valence-electron chi connectivity index (χ0n) is 16.4. The number of hydrogen-bond donors (Lipinski definition) is 1. The number of carbonyl (C=O) groups excluding carboxylic acids is 2. The van der Waals surface area contributed by atoms with Gasteiger partial charge in [0, 0.05) is 35.7 Å². The van der Waals surface area contributed by atoms with Gasteiger partial charge in [-0.15, -0.1) is 11.8 Å². The Morgan fingerprint density at radius 1 is 1.11 bits per heavy atom. The van der Waals surface area contributed by atoms with Crippen LogP contribution in [0.25, 0.3) is 0 Å². The van der Waals surface area contributed by atoms with E-state index in [9.17, 15) is 9.59 Å². The van der Waals surface area contributed by atoms with E-state index in [1.165, 1.54) is 0 Å². The molecule has 0 aliphatic rings. The minimum Gasteiger partial charge on any atom is -0.357 e. The summed E-state index contributed by atoms with van der Waals surface area (Å²) in [5.41, 5.74) is 1.16. The van der Waals surface area contributed by atoms with Gasteiger partial charge in [-0.3, -0.25) is 9.59 Å². The second-order valence-corrected chi connectivity index (χ2v) is 8.02. The molecule has 6 heteroatoms. The summed E-state index contributed by atoms with van der Waals surface area (Å²) in [6.07, 6.45) is 1.70. The van der Waals surface area contributed by atoms with Gasteiger partial charge in [0.1, 0.15) is 6.04 Å². The van der Waals surface area contributed by atoms with Crippen molar-refractivity contribution in [1.82, 2.24) is 10.2 Å². The largest absolute Gasteiger partial charge is 0.357 e. The van der Waals surface area contributed by atoms with Gasteiger partial charge in [-0.2, -0.15) is 0 Å².